The Kier molecular flexibility index (Phi) is 3.16. The molecular weight excluding hydrogens is 272 g/mol. The highest BCUT2D eigenvalue weighted by Gasteiger charge is 2.17. The van der Waals surface area contributed by atoms with Crippen molar-refractivity contribution in [2.75, 3.05) is 5.73 Å². The van der Waals surface area contributed by atoms with Crippen LogP contribution >= 0.6 is 11.6 Å². The van der Waals surface area contributed by atoms with E-state index in [2.05, 4.69) is 15.2 Å². The second-order valence-corrected chi connectivity index (χ2v) is 4.96. The number of hydrogen-bond acceptors (Lipinski definition) is 3. The Bertz CT molecular complexity index is 750. The van der Waals surface area contributed by atoms with Gasteiger partial charge >= 0.3 is 0 Å². The number of benzene rings is 1. The Morgan fingerprint density at radius 1 is 1.20 bits per heavy atom. The minimum Gasteiger partial charge on any atom is -0.382 e. The van der Waals surface area contributed by atoms with E-state index in [1.165, 1.54) is 0 Å². The third-order valence-corrected chi connectivity index (χ3v) is 3.42. The third-order valence-electron chi connectivity index (χ3n) is 3.11. The average molecular weight is 285 g/mol. The van der Waals surface area contributed by atoms with Gasteiger partial charge in [-0.3, -0.25) is 10.1 Å². The molecule has 0 saturated carbocycles. The molecule has 100 valence electrons. The zero-order valence-corrected chi connectivity index (χ0v) is 11.6. The van der Waals surface area contributed by atoms with Crippen LogP contribution in [0.4, 0.5) is 5.82 Å². The Hall–Kier alpha value is -2.33. The van der Waals surface area contributed by atoms with Crippen molar-refractivity contribution in [3.05, 3.63) is 53.2 Å². The van der Waals surface area contributed by atoms with Gasteiger partial charge < -0.3 is 5.73 Å². The smallest absolute Gasteiger partial charge is 0.155 e. The van der Waals surface area contributed by atoms with Crippen molar-refractivity contribution >= 4 is 17.4 Å². The molecule has 5 heteroatoms. The number of nitrogens with one attached hydrogen (secondary N) is 1. The zero-order chi connectivity index (χ0) is 14.1. The maximum absolute atomic E-state index is 6.32. The summed E-state index contributed by atoms with van der Waals surface area (Å²) in [4.78, 5) is 4.33. The minimum atomic E-state index is 0.412. The van der Waals surface area contributed by atoms with Crippen LogP contribution in [0.15, 0.2) is 42.6 Å². The molecule has 0 amide bonds. The van der Waals surface area contributed by atoms with Gasteiger partial charge in [-0.2, -0.15) is 5.10 Å². The van der Waals surface area contributed by atoms with Crippen LogP contribution in [0.25, 0.3) is 22.5 Å². The lowest BCUT2D eigenvalue weighted by atomic mass is 10.0. The molecule has 0 fully saturated rings. The van der Waals surface area contributed by atoms with Crippen LogP contribution in [0, 0.1) is 6.92 Å². The molecule has 20 heavy (non-hydrogen) atoms. The molecule has 3 aromatic rings. The monoisotopic (exact) mass is 284 g/mol. The summed E-state index contributed by atoms with van der Waals surface area (Å²) in [5.41, 5.74) is 10.3. The number of nitrogens with two attached hydrogens (primary N) is 1. The van der Waals surface area contributed by atoms with Gasteiger partial charge in [-0.05, 0) is 30.7 Å². The maximum atomic E-state index is 6.32. The quantitative estimate of drug-likeness (QED) is 0.754. The molecule has 3 rings (SSSR count). The summed E-state index contributed by atoms with van der Waals surface area (Å²) in [6.45, 7) is 2.00. The second-order valence-electron chi connectivity index (χ2n) is 4.56. The summed E-state index contributed by atoms with van der Waals surface area (Å²) in [6.07, 6.45) is 1.72. The van der Waals surface area contributed by atoms with E-state index in [1.54, 1.807) is 6.20 Å². The van der Waals surface area contributed by atoms with Gasteiger partial charge in [0.25, 0.3) is 0 Å². The topological polar surface area (TPSA) is 67.6 Å². The van der Waals surface area contributed by atoms with Crippen LogP contribution in [0.5, 0.6) is 0 Å². The Labute approximate surface area is 121 Å². The van der Waals surface area contributed by atoms with E-state index in [4.69, 9.17) is 17.3 Å². The van der Waals surface area contributed by atoms with Crippen molar-refractivity contribution in [1.29, 1.82) is 0 Å². The summed E-state index contributed by atoms with van der Waals surface area (Å²) in [6, 6.07) is 11.5. The molecule has 2 aromatic heterocycles. The first-order valence-electron chi connectivity index (χ1n) is 6.18. The standard InChI is InChI=1S/C15H13ClN4/c1-9-5-6-10(11(16)8-9)14-13(15(17)20-19-14)12-4-2-3-7-18-12/h2-8H,1H3,(H3,17,19,20). The molecule has 0 saturated heterocycles. The largest absolute Gasteiger partial charge is 0.382 e. The van der Waals surface area contributed by atoms with Gasteiger partial charge in [0.15, 0.2) is 5.82 Å². The number of aryl methyl sites for hydroxylation is 1. The molecule has 0 unspecified atom stereocenters. The van der Waals surface area contributed by atoms with Crippen LogP contribution in [0.1, 0.15) is 5.56 Å². The van der Waals surface area contributed by atoms with Gasteiger partial charge in [-0.15, -0.1) is 0 Å². The third kappa shape index (κ3) is 2.14. The van der Waals surface area contributed by atoms with Crippen molar-refractivity contribution in [2.24, 2.45) is 0 Å². The van der Waals surface area contributed by atoms with Crippen LogP contribution in [0.3, 0.4) is 0 Å². The highest BCUT2D eigenvalue weighted by molar-refractivity contribution is 6.33. The van der Waals surface area contributed by atoms with E-state index in [1.807, 2.05) is 43.3 Å². The predicted molar refractivity (Wildman–Crippen MR) is 81.4 cm³/mol. The number of hydrogen-bond donors (Lipinski definition) is 2. The molecule has 0 atom stereocenters. The Morgan fingerprint density at radius 2 is 2.05 bits per heavy atom. The number of aromatic nitrogens is 3. The van der Waals surface area contributed by atoms with Crippen molar-refractivity contribution in [2.45, 2.75) is 6.92 Å². The van der Waals surface area contributed by atoms with Gasteiger partial charge in [0.2, 0.25) is 0 Å². The van der Waals surface area contributed by atoms with Crippen molar-refractivity contribution in [3.63, 3.8) is 0 Å². The zero-order valence-electron chi connectivity index (χ0n) is 10.9. The van der Waals surface area contributed by atoms with Gasteiger partial charge in [0, 0.05) is 11.8 Å². The van der Waals surface area contributed by atoms with Crippen LogP contribution in [0.2, 0.25) is 5.02 Å². The number of nitrogen functional groups attached to an aromatic ring is 1. The normalized spacial score (nSPS) is 10.7. The van der Waals surface area contributed by atoms with Crippen molar-refractivity contribution in [1.82, 2.24) is 15.2 Å². The van der Waals surface area contributed by atoms with Gasteiger partial charge in [-0.1, -0.05) is 29.8 Å². The summed E-state index contributed by atoms with van der Waals surface area (Å²) in [5.74, 6) is 0.412. The Morgan fingerprint density at radius 3 is 2.75 bits per heavy atom. The molecule has 0 aliphatic rings. The number of pyridine rings is 1. The van der Waals surface area contributed by atoms with Crippen molar-refractivity contribution in [3.8, 4) is 22.5 Å². The summed E-state index contributed by atoms with van der Waals surface area (Å²) in [5, 5.41) is 7.69. The predicted octanol–water partition coefficient (Wildman–Crippen LogP) is 3.68. The van der Waals surface area contributed by atoms with E-state index in [0.717, 1.165) is 28.1 Å². The molecule has 3 N–H and O–H groups in total. The molecule has 0 aliphatic heterocycles. The SMILES string of the molecule is Cc1ccc(-c2[nH]nc(N)c2-c2ccccn2)c(Cl)c1. The van der Waals surface area contributed by atoms with Crippen LogP contribution in [-0.2, 0) is 0 Å². The minimum absolute atomic E-state index is 0.412. The summed E-state index contributed by atoms with van der Waals surface area (Å²) < 4.78 is 0. The Balaban J connectivity index is 2.21. The van der Waals surface area contributed by atoms with Gasteiger partial charge in [0.1, 0.15) is 0 Å². The number of nitrogens with zero attached hydrogens (tertiary/aromatic N) is 2. The number of rotatable bonds is 2. The molecule has 0 spiro atoms. The average Bonchev–Trinajstić information content (AvgIpc) is 2.81. The number of anilines is 1. The van der Waals surface area contributed by atoms with E-state index >= 15 is 0 Å². The van der Waals surface area contributed by atoms with Crippen LogP contribution < -0.4 is 5.73 Å². The van der Waals surface area contributed by atoms with Crippen molar-refractivity contribution < 1.29 is 0 Å². The molecule has 0 aliphatic carbocycles. The second kappa shape index (κ2) is 4.98. The summed E-state index contributed by atoms with van der Waals surface area (Å²) >= 11 is 6.32. The highest BCUT2D eigenvalue weighted by Crippen LogP contribution is 2.36. The lowest BCUT2D eigenvalue weighted by Gasteiger charge is -2.06. The van der Waals surface area contributed by atoms with Gasteiger partial charge in [0.05, 0.1) is 22.0 Å². The van der Waals surface area contributed by atoms with Gasteiger partial charge in [-0.25, -0.2) is 0 Å². The lowest BCUT2D eigenvalue weighted by molar-refractivity contribution is 1.10. The molecule has 0 radical (unpaired) electrons. The first-order valence-corrected chi connectivity index (χ1v) is 6.56. The molecule has 1 aromatic carbocycles. The first-order chi connectivity index (χ1) is 9.66. The van der Waals surface area contributed by atoms with E-state index in [-0.39, 0.29) is 0 Å². The highest BCUT2D eigenvalue weighted by atomic mass is 35.5. The number of H-pyrrole nitrogens is 1. The van der Waals surface area contributed by atoms with Crippen LogP contribution in [-0.4, -0.2) is 15.2 Å². The molecule has 2 heterocycles. The first kappa shape index (κ1) is 12.7. The van der Waals surface area contributed by atoms with E-state index in [9.17, 15) is 0 Å². The molecule has 0 bridgehead atoms. The fraction of sp³-hybridized carbons (Fsp3) is 0.0667. The molecular formula is C15H13ClN4. The fourth-order valence-electron chi connectivity index (χ4n) is 2.14. The maximum Gasteiger partial charge on any atom is 0.155 e. The number of aromatic amines is 1. The number of halogens is 1. The lowest BCUT2D eigenvalue weighted by Crippen LogP contribution is -1.91. The van der Waals surface area contributed by atoms with E-state index in [0.29, 0.717) is 10.8 Å². The molecule has 4 nitrogen and oxygen atoms in total. The van der Waals surface area contributed by atoms with E-state index < -0.39 is 0 Å². The fourth-order valence-corrected chi connectivity index (χ4v) is 2.47. The summed E-state index contributed by atoms with van der Waals surface area (Å²) in [7, 11) is 0.